The van der Waals surface area contributed by atoms with Crippen LogP contribution in [-0.2, 0) is 20.4 Å². The zero-order valence-electron chi connectivity index (χ0n) is 27.5. The molecule has 256 valence electrons. The minimum absolute atomic E-state index is 0. The molecule has 7 rings (SSSR count). The van der Waals surface area contributed by atoms with Crippen molar-refractivity contribution in [3.05, 3.63) is 131 Å². The van der Waals surface area contributed by atoms with Crippen molar-refractivity contribution in [2.45, 2.75) is 46.5 Å². The van der Waals surface area contributed by atoms with Crippen LogP contribution in [0.25, 0.3) is 44.4 Å². The normalized spacial score (nSPS) is 11.6. The second-order valence-corrected chi connectivity index (χ2v) is 12.4. The van der Waals surface area contributed by atoms with E-state index in [4.69, 9.17) is 4.74 Å². The van der Waals surface area contributed by atoms with E-state index in [1.807, 2.05) is 54.0 Å². The van der Waals surface area contributed by atoms with Crippen molar-refractivity contribution in [2.75, 3.05) is 0 Å². The Balaban J connectivity index is 0.00000432. The molecule has 0 aliphatic heterocycles. The van der Waals surface area contributed by atoms with E-state index < -0.39 is 46.5 Å². The molecule has 4 aromatic carbocycles. The summed E-state index contributed by atoms with van der Waals surface area (Å²) in [6.07, 6.45) is 1.76. The van der Waals surface area contributed by atoms with Gasteiger partial charge >= 0.3 is 20.4 Å². The van der Waals surface area contributed by atoms with Crippen LogP contribution in [0.2, 0.25) is 0 Å². The summed E-state index contributed by atoms with van der Waals surface area (Å²) >= 11 is 0. The first-order valence-corrected chi connectivity index (χ1v) is 15.7. The van der Waals surface area contributed by atoms with Crippen LogP contribution in [0.15, 0.2) is 72.9 Å². The largest absolute Gasteiger partial charge is 2.00 e. The van der Waals surface area contributed by atoms with Gasteiger partial charge in [-0.3, -0.25) is 4.68 Å². The van der Waals surface area contributed by atoms with E-state index >= 15 is 8.78 Å². The van der Waals surface area contributed by atoms with E-state index in [0.29, 0.717) is 17.2 Å². The van der Waals surface area contributed by atoms with E-state index in [9.17, 15) is 13.2 Å². The number of pyridine rings is 1. The SMILES string of the molecule is Cc1ccnc(-n2c3[c-]c(Oc4[c-]c(-n5nc(C(C)C)c(-c6c(F)c(F)c(F)c(F)c6F)c5C(C)C)ccc4)ccc3c3ccccc32)c1.[Pd+2]. The molecule has 0 saturated carbocycles. The quantitative estimate of drug-likeness (QED) is 0.0533. The zero-order valence-corrected chi connectivity index (χ0v) is 29.0. The first kappa shape index (κ1) is 35.0. The van der Waals surface area contributed by atoms with Crippen molar-refractivity contribution in [2.24, 2.45) is 0 Å². The standard InChI is InChI=1S/C39H29F5N4O.Pd/c1-20(2)38-32(31-33(40)35(42)37(44)36(43)34(31)41)39(21(3)4)48(46-38)23-9-8-10-24(18-23)49-25-13-14-27-26-11-6-7-12-28(26)47(29(27)19-25)30-17-22(5)15-16-45-30;/h6-17,20-21H,1-5H3;/q-2;+2. The molecule has 0 aliphatic rings. The van der Waals surface area contributed by atoms with Gasteiger partial charge in [-0.25, -0.2) is 26.9 Å². The van der Waals surface area contributed by atoms with Crippen molar-refractivity contribution in [1.29, 1.82) is 0 Å². The Morgan fingerprint density at radius 1 is 0.700 bits per heavy atom. The van der Waals surface area contributed by atoms with Gasteiger partial charge in [0.25, 0.3) is 0 Å². The van der Waals surface area contributed by atoms with Crippen LogP contribution in [0.5, 0.6) is 11.5 Å². The van der Waals surface area contributed by atoms with Gasteiger partial charge < -0.3 is 9.30 Å². The van der Waals surface area contributed by atoms with Crippen molar-refractivity contribution in [3.8, 4) is 34.1 Å². The van der Waals surface area contributed by atoms with E-state index in [-0.39, 0.29) is 37.4 Å². The fourth-order valence-corrected chi connectivity index (χ4v) is 6.20. The van der Waals surface area contributed by atoms with Crippen LogP contribution >= 0.6 is 0 Å². The maximum Gasteiger partial charge on any atom is 2.00 e. The van der Waals surface area contributed by atoms with Crippen LogP contribution in [0.1, 0.15) is 56.5 Å². The number of halogens is 5. The Hall–Kier alpha value is -4.85. The van der Waals surface area contributed by atoms with Gasteiger partial charge in [-0.05, 0) is 53.6 Å². The summed E-state index contributed by atoms with van der Waals surface area (Å²) in [5.74, 6) is -9.53. The van der Waals surface area contributed by atoms with E-state index in [0.717, 1.165) is 33.2 Å². The molecule has 11 heteroatoms. The molecular weight excluding hydrogens is 742 g/mol. The number of ether oxygens (including phenoxy) is 1. The average molecular weight is 771 g/mol. The topological polar surface area (TPSA) is 44.9 Å². The van der Waals surface area contributed by atoms with Crippen molar-refractivity contribution >= 4 is 21.8 Å². The number of nitrogens with zero attached hydrogens (tertiary/aromatic N) is 4. The molecule has 0 radical (unpaired) electrons. The van der Waals surface area contributed by atoms with Crippen molar-refractivity contribution in [3.63, 3.8) is 0 Å². The molecule has 3 heterocycles. The Morgan fingerprint density at radius 2 is 1.38 bits per heavy atom. The molecule has 0 saturated heterocycles. The summed E-state index contributed by atoms with van der Waals surface area (Å²) in [5, 5.41) is 6.64. The summed E-state index contributed by atoms with van der Waals surface area (Å²) < 4.78 is 83.0. The summed E-state index contributed by atoms with van der Waals surface area (Å²) in [7, 11) is 0. The predicted molar refractivity (Wildman–Crippen MR) is 178 cm³/mol. The van der Waals surface area contributed by atoms with Crippen LogP contribution in [-0.4, -0.2) is 19.3 Å². The molecule has 0 atom stereocenters. The van der Waals surface area contributed by atoms with Gasteiger partial charge in [-0.15, -0.1) is 35.7 Å². The van der Waals surface area contributed by atoms with Gasteiger partial charge in [0.2, 0.25) is 5.82 Å². The Morgan fingerprint density at radius 3 is 2.06 bits per heavy atom. The van der Waals surface area contributed by atoms with Gasteiger partial charge in [0.1, 0.15) is 5.82 Å². The number of fused-ring (bicyclic) bond motifs is 3. The number of hydrogen-bond acceptors (Lipinski definition) is 3. The van der Waals surface area contributed by atoms with E-state index in [2.05, 4.69) is 22.2 Å². The molecule has 5 nitrogen and oxygen atoms in total. The minimum Gasteiger partial charge on any atom is -0.509 e. The second-order valence-electron chi connectivity index (χ2n) is 12.4. The summed E-state index contributed by atoms with van der Waals surface area (Å²) in [4.78, 5) is 4.61. The van der Waals surface area contributed by atoms with Crippen molar-refractivity contribution < 1.29 is 47.1 Å². The van der Waals surface area contributed by atoms with Gasteiger partial charge in [0.15, 0.2) is 23.3 Å². The van der Waals surface area contributed by atoms with Crippen LogP contribution in [0.4, 0.5) is 22.0 Å². The fraction of sp³-hybridized carbons (Fsp3) is 0.179. The monoisotopic (exact) mass is 770 g/mol. The smallest absolute Gasteiger partial charge is 0.509 e. The third kappa shape index (κ3) is 5.78. The van der Waals surface area contributed by atoms with Crippen LogP contribution in [0.3, 0.4) is 0 Å². The molecule has 0 N–H and O–H groups in total. The van der Waals surface area contributed by atoms with Gasteiger partial charge in [0, 0.05) is 28.8 Å². The van der Waals surface area contributed by atoms with E-state index in [1.165, 1.54) is 4.68 Å². The molecule has 0 bridgehead atoms. The Kier molecular flexibility index (Phi) is 9.42. The molecular formula is C39H29F5N4OPd. The average Bonchev–Trinajstić information content (AvgIpc) is 3.64. The zero-order chi connectivity index (χ0) is 34.7. The molecule has 0 spiro atoms. The molecule has 0 unspecified atom stereocenters. The number of aromatic nitrogens is 4. The Bertz CT molecular complexity index is 2390. The minimum atomic E-state index is -2.22. The molecule has 7 aromatic rings. The maximum absolute atomic E-state index is 15.2. The number of para-hydroxylation sites is 1. The number of benzene rings is 4. The molecule has 50 heavy (non-hydrogen) atoms. The fourth-order valence-electron chi connectivity index (χ4n) is 6.20. The number of aryl methyl sites for hydroxylation is 1. The first-order valence-electron chi connectivity index (χ1n) is 15.7. The third-order valence-corrected chi connectivity index (χ3v) is 8.39. The summed E-state index contributed by atoms with van der Waals surface area (Å²) in [6.45, 7) is 8.96. The van der Waals surface area contributed by atoms with Gasteiger partial charge in [-0.2, -0.15) is 17.2 Å². The van der Waals surface area contributed by atoms with Crippen LogP contribution in [0, 0.1) is 48.1 Å². The number of rotatable bonds is 7. The maximum atomic E-state index is 15.2. The van der Waals surface area contributed by atoms with Crippen LogP contribution < -0.4 is 4.74 Å². The van der Waals surface area contributed by atoms with Gasteiger partial charge in [-0.1, -0.05) is 51.4 Å². The first-order chi connectivity index (χ1) is 23.5. The number of hydrogen-bond donors (Lipinski definition) is 0. The van der Waals surface area contributed by atoms with E-state index in [1.54, 1.807) is 58.2 Å². The molecule has 3 aromatic heterocycles. The van der Waals surface area contributed by atoms with Gasteiger partial charge in [0.05, 0.1) is 17.0 Å². The summed E-state index contributed by atoms with van der Waals surface area (Å²) in [6, 6.07) is 27.3. The molecule has 0 fully saturated rings. The summed E-state index contributed by atoms with van der Waals surface area (Å²) in [5.41, 5.74) is 2.39. The molecule has 0 amide bonds. The Labute approximate surface area is 299 Å². The second kappa shape index (κ2) is 13.5. The predicted octanol–water partition coefficient (Wildman–Crippen LogP) is 10.7. The van der Waals surface area contributed by atoms with Crippen molar-refractivity contribution in [1.82, 2.24) is 19.3 Å². The molecule has 0 aliphatic carbocycles. The third-order valence-electron chi connectivity index (χ3n) is 8.39.